The highest BCUT2D eigenvalue weighted by Gasteiger charge is 2.50. The molecule has 2 aromatic rings. The van der Waals surface area contributed by atoms with Crippen molar-refractivity contribution in [2.45, 2.75) is 143 Å². The van der Waals surface area contributed by atoms with E-state index < -0.39 is 0 Å². The molecule has 2 aromatic carbocycles. The minimum atomic E-state index is -0.250. The molecule has 264 valence electrons. The van der Waals surface area contributed by atoms with Gasteiger partial charge < -0.3 is 20.0 Å². The number of aliphatic hydroxyl groups is 2. The normalized spacial score (nSPS) is 29.3. The maximum absolute atomic E-state index is 13.1. The highest BCUT2D eigenvalue weighted by Crippen LogP contribution is 2.49. The van der Waals surface area contributed by atoms with E-state index in [2.05, 4.69) is 90.1 Å². The van der Waals surface area contributed by atoms with Gasteiger partial charge in [-0.2, -0.15) is 0 Å². The fourth-order valence-electron chi connectivity index (χ4n) is 8.69. The fourth-order valence-corrected chi connectivity index (χ4v) is 8.69. The van der Waals surface area contributed by atoms with E-state index in [0.29, 0.717) is 23.7 Å². The number of rotatable bonds is 4. The number of carbonyl (C=O) groups is 2. The molecule has 48 heavy (non-hydrogen) atoms. The van der Waals surface area contributed by atoms with Crippen LogP contribution in [0.5, 0.6) is 0 Å². The zero-order valence-electron chi connectivity index (χ0n) is 31.0. The number of hydrogen-bond donors (Lipinski definition) is 2. The van der Waals surface area contributed by atoms with E-state index in [1.54, 1.807) is 0 Å². The van der Waals surface area contributed by atoms with Gasteiger partial charge in [-0.25, -0.2) is 0 Å². The summed E-state index contributed by atoms with van der Waals surface area (Å²) in [6.45, 7) is 18.6. The molecule has 2 aliphatic carbocycles. The predicted octanol–water partition coefficient (Wildman–Crippen LogP) is 8.56. The van der Waals surface area contributed by atoms with Crippen molar-refractivity contribution < 1.29 is 19.8 Å². The lowest BCUT2D eigenvalue weighted by Gasteiger charge is -2.36. The summed E-state index contributed by atoms with van der Waals surface area (Å²) in [5, 5.41) is 19.6. The number of benzene rings is 2. The first kappa shape index (κ1) is 36.6. The third-order valence-electron chi connectivity index (χ3n) is 12.5. The molecular weight excluding hydrogens is 596 g/mol. The summed E-state index contributed by atoms with van der Waals surface area (Å²) < 4.78 is 0. The van der Waals surface area contributed by atoms with E-state index in [1.165, 1.54) is 11.1 Å². The minimum Gasteiger partial charge on any atom is -0.393 e. The summed E-state index contributed by atoms with van der Waals surface area (Å²) in [4.78, 5) is 30.2. The van der Waals surface area contributed by atoms with E-state index in [-0.39, 0.29) is 33.9 Å². The topological polar surface area (TPSA) is 81.1 Å². The van der Waals surface area contributed by atoms with Crippen LogP contribution in [-0.2, 0) is 20.4 Å². The molecule has 2 unspecified atom stereocenters. The molecule has 2 aliphatic heterocycles. The van der Waals surface area contributed by atoms with Crippen LogP contribution < -0.4 is 9.80 Å². The predicted molar refractivity (Wildman–Crippen MR) is 196 cm³/mol. The van der Waals surface area contributed by atoms with Gasteiger partial charge in [-0.1, -0.05) is 65.8 Å². The van der Waals surface area contributed by atoms with Crippen LogP contribution in [0.2, 0.25) is 0 Å². The molecule has 2 heterocycles. The largest absolute Gasteiger partial charge is 0.393 e. The Balaban J connectivity index is 0.000000188. The monoisotopic (exact) mass is 658 g/mol. The third-order valence-corrected chi connectivity index (χ3v) is 12.5. The van der Waals surface area contributed by atoms with E-state index in [9.17, 15) is 19.8 Å². The van der Waals surface area contributed by atoms with Gasteiger partial charge in [0.2, 0.25) is 11.8 Å². The summed E-state index contributed by atoms with van der Waals surface area (Å²) in [5.41, 5.74) is 4.57. The third kappa shape index (κ3) is 7.55. The van der Waals surface area contributed by atoms with Gasteiger partial charge in [0.15, 0.2) is 0 Å². The molecule has 2 spiro atoms. The number of nitrogens with zero attached hydrogens (tertiary/aromatic N) is 2. The quantitative estimate of drug-likeness (QED) is 0.345. The van der Waals surface area contributed by atoms with Gasteiger partial charge in [-0.05, 0) is 136 Å². The van der Waals surface area contributed by atoms with Crippen LogP contribution in [0.3, 0.4) is 0 Å². The van der Waals surface area contributed by atoms with Gasteiger partial charge in [0.05, 0.1) is 23.0 Å². The van der Waals surface area contributed by atoms with Crippen molar-refractivity contribution in [3.63, 3.8) is 0 Å². The molecule has 2 saturated heterocycles. The number of aliphatic hydroxyl groups excluding tert-OH is 2. The fraction of sp³-hybridized carbons (Fsp3) is 0.667. The van der Waals surface area contributed by atoms with Gasteiger partial charge in [-0.3, -0.25) is 9.59 Å². The first-order valence-electron chi connectivity index (χ1n) is 18.7. The summed E-state index contributed by atoms with van der Waals surface area (Å²) in [7, 11) is 0. The van der Waals surface area contributed by atoms with Crippen LogP contribution in [0, 0.1) is 22.7 Å². The number of hydrogen-bond acceptors (Lipinski definition) is 4. The molecule has 2 N–H and O–H groups in total. The SMILES string of the molecule is CC(O)C1CCC2(CC1)CCN(c1ccc(C(C)(C)C)cc1)C2=O.CC(O)C1CCC2(CC1)CCN(c1ccc(C(C)(C)C)cc1)C2=O. The Hall–Kier alpha value is -2.70. The van der Waals surface area contributed by atoms with Crippen LogP contribution in [0.4, 0.5) is 11.4 Å². The number of amides is 2. The van der Waals surface area contributed by atoms with Crippen LogP contribution in [0.25, 0.3) is 0 Å². The van der Waals surface area contributed by atoms with Crippen molar-refractivity contribution >= 4 is 23.2 Å². The second kappa shape index (κ2) is 13.9. The second-order valence-electron chi connectivity index (χ2n) is 17.7. The maximum atomic E-state index is 13.1. The minimum absolute atomic E-state index is 0.133. The zero-order chi connectivity index (χ0) is 35.1. The van der Waals surface area contributed by atoms with Crippen molar-refractivity contribution in [1.82, 2.24) is 0 Å². The van der Waals surface area contributed by atoms with Gasteiger partial charge in [0.25, 0.3) is 0 Å². The van der Waals surface area contributed by atoms with Crippen molar-refractivity contribution in [2.75, 3.05) is 22.9 Å². The lowest BCUT2D eigenvalue weighted by molar-refractivity contribution is -0.128. The van der Waals surface area contributed by atoms with Gasteiger partial charge in [0, 0.05) is 24.5 Å². The maximum Gasteiger partial charge on any atom is 0.233 e. The van der Waals surface area contributed by atoms with Crippen LogP contribution in [0.15, 0.2) is 48.5 Å². The molecule has 2 saturated carbocycles. The Labute approximate surface area is 290 Å². The number of carbonyl (C=O) groups excluding carboxylic acids is 2. The number of anilines is 2. The van der Waals surface area contributed by atoms with Crippen molar-refractivity contribution in [3.8, 4) is 0 Å². The average Bonchev–Trinajstić information content (AvgIpc) is 3.52. The summed E-state index contributed by atoms with van der Waals surface area (Å²) in [5.74, 6) is 1.33. The van der Waals surface area contributed by atoms with Crippen molar-refractivity contribution in [2.24, 2.45) is 22.7 Å². The Kier molecular flexibility index (Phi) is 10.6. The molecule has 2 amide bonds. The van der Waals surface area contributed by atoms with E-state index in [4.69, 9.17) is 0 Å². The summed E-state index contributed by atoms with van der Waals surface area (Å²) >= 11 is 0. The van der Waals surface area contributed by atoms with Gasteiger partial charge >= 0.3 is 0 Å². The van der Waals surface area contributed by atoms with E-state index in [0.717, 1.165) is 88.7 Å². The molecule has 2 atom stereocenters. The Morgan fingerprint density at radius 1 is 0.562 bits per heavy atom. The molecule has 4 fully saturated rings. The van der Waals surface area contributed by atoms with Crippen molar-refractivity contribution in [3.05, 3.63) is 59.7 Å². The van der Waals surface area contributed by atoms with Gasteiger partial charge in [0.1, 0.15) is 0 Å². The van der Waals surface area contributed by atoms with E-state index >= 15 is 0 Å². The first-order valence-corrected chi connectivity index (χ1v) is 18.7. The van der Waals surface area contributed by atoms with Crippen LogP contribution >= 0.6 is 0 Å². The average molecular weight is 659 g/mol. The smallest absolute Gasteiger partial charge is 0.233 e. The molecule has 0 aromatic heterocycles. The lowest BCUT2D eigenvalue weighted by atomic mass is 9.68. The molecule has 6 heteroatoms. The van der Waals surface area contributed by atoms with E-state index in [1.807, 2.05) is 23.6 Å². The summed E-state index contributed by atoms with van der Waals surface area (Å²) in [6, 6.07) is 17.0. The Morgan fingerprint density at radius 2 is 0.854 bits per heavy atom. The van der Waals surface area contributed by atoms with Crippen molar-refractivity contribution in [1.29, 1.82) is 0 Å². The molecular formula is C42H62N2O4. The lowest BCUT2D eigenvalue weighted by Crippen LogP contribution is -2.39. The molecule has 0 bridgehead atoms. The Morgan fingerprint density at radius 3 is 1.10 bits per heavy atom. The second-order valence-corrected chi connectivity index (χ2v) is 17.7. The first-order chi connectivity index (χ1) is 22.5. The highest BCUT2D eigenvalue weighted by molar-refractivity contribution is 6.00. The standard InChI is InChI=1S/2C21H31NO2/c2*1-15(23)16-9-11-21(12-10-16)13-14-22(19(21)24)18-7-5-17(6-8-18)20(2,3)4/h2*5-8,15-16,23H,9-14H2,1-4H3. The Bertz CT molecular complexity index is 1290. The highest BCUT2D eigenvalue weighted by atomic mass is 16.3. The van der Waals surface area contributed by atoms with Gasteiger partial charge in [-0.15, -0.1) is 0 Å². The molecule has 4 aliphatic rings. The molecule has 6 nitrogen and oxygen atoms in total. The van der Waals surface area contributed by atoms with Crippen LogP contribution in [-0.4, -0.2) is 47.3 Å². The zero-order valence-corrected chi connectivity index (χ0v) is 31.0. The molecule has 6 rings (SSSR count). The molecule has 0 radical (unpaired) electrons. The van der Waals surface area contributed by atoms with Crippen LogP contribution in [0.1, 0.15) is 131 Å². The summed E-state index contributed by atoms with van der Waals surface area (Å²) in [6.07, 6.45) is 9.02.